The van der Waals surface area contributed by atoms with Crippen LogP contribution in [0.25, 0.3) is 0 Å². The molecule has 3 heteroatoms. The smallest absolute Gasteiger partial charge is 0.222 e. The highest BCUT2D eigenvalue weighted by atomic mass is 16.2. The first kappa shape index (κ1) is 17.5. The Morgan fingerprint density at radius 2 is 1.50 bits per heavy atom. The molecular formula is C17H34N2O. The molecule has 3 nitrogen and oxygen atoms in total. The zero-order valence-corrected chi connectivity index (χ0v) is 13.6. The first-order valence-electron chi connectivity index (χ1n) is 8.76. The first-order valence-corrected chi connectivity index (χ1v) is 8.76. The minimum Gasteiger partial charge on any atom is -0.343 e. The van der Waals surface area contributed by atoms with Crippen LogP contribution >= 0.6 is 0 Å². The summed E-state index contributed by atoms with van der Waals surface area (Å²) in [5.41, 5.74) is 0. The van der Waals surface area contributed by atoms with Crippen molar-refractivity contribution in [1.29, 1.82) is 0 Å². The lowest BCUT2D eigenvalue weighted by atomic mass is 9.98. The zero-order valence-electron chi connectivity index (χ0n) is 13.6. The fraction of sp³-hybridized carbons (Fsp3) is 0.941. The molecule has 1 fully saturated rings. The van der Waals surface area contributed by atoms with Crippen LogP contribution in [-0.2, 0) is 4.79 Å². The predicted molar refractivity (Wildman–Crippen MR) is 85.8 cm³/mol. The Bertz CT molecular complexity index is 239. The number of hydrogen-bond acceptors (Lipinski definition) is 2. The molecule has 1 N–H and O–H groups in total. The number of carbonyl (C=O) groups is 1. The van der Waals surface area contributed by atoms with Crippen molar-refractivity contribution >= 4 is 5.91 Å². The molecule has 0 aromatic rings. The number of rotatable bonds is 12. The van der Waals surface area contributed by atoms with Crippen molar-refractivity contribution in [2.75, 3.05) is 26.2 Å². The summed E-state index contributed by atoms with van der Waals surface area (Å²) in [6, 6.07) is 0. The van der Waals surface area contributed by atoms with Crippen LogP contribution in [0, 0.1) is 5.92 Å². The molecule has 1 aliphatic heterocycles. The minimum atomic E-state index is 0.393. The molecule has 0 atom stereocenters. The molecule has 20 heavy (non-hydrogen) atoms. The highest BCUT2D eigenvalue weighted by Crippen LogP contribution is 2.13. The summed E-state index contributed by atoms with van der Waals surface area (Å²) >= 11 is 0. The van der Waals surface area contributed by atoms with E-state index in [4.69, 9.17) is 0 Å². The van der Waals surface area contributed by atoms with Crippen molar-refractivity contribution < 1.29 is 4.79 Å². The summed E-state index contributed by atoms with van der Waals surface area (Å²) in [6.07, 6.45) is 10.8. The number of nitrogens with zero attached hydrogens (tertiary/aromatic N) is 1. The molecular weight excluding hydrogens is 248 g/mol. The van der Waals surface area contributed by atoms with Crippen LogP contribution in [0.15, 0.2) is 0 Å². The lowest BCUT2D eigenvalue weighted by Gasteiger charge is -2.30. The average Bonchev–Trinajstić information content (AvgIpc) is 2.41. The normalized spacial score (nSPS) is 15.1. The molecule has 0 aliphatic carbocycles. The molecule has 0 unspecified atom stereocenters. The van der Waals surface area contributed by atoms with Crippen LogP contribution in [0.1, 0.15) is 71.6 Å². The van der Waals surface area contributed by atoms with E-state index in [0.717, 1.165) is 32.6 Å². The zero-order chi connectivity index (χ0) is 14.6. The van der Waals surface area contributed by atoms with E-state index in [1.807, 2.05) is 0 Å². The highest BCUT2D eigenvalue weighted by molar-refractivity contribution is 5.76. The second-order valence-corrected chi connectivity index (χ2v) is 6.23. The largest absolute Gasteiger partial charge is 0.343 e. The highest BCUT2D eigenvalue weighted by Gasteiger charge is 2.23. The molecule has 0 saturated carbocycles. The van der Waals surface area contributed by atoms with E-state index in [2.05, 4.69) is 24.1 Å². The molecule has 0 radical (unpaired) electrons. The predicted octanol–water partition coefficient (Wildman–Crippen LogP) is 3.59. The van der Waals surface area contributed by atoms with Crippen molar-refractivity contribution in [2.45, 2.75) is 71.6 Å². The molecule has 118 valence electrons. The summed E-state index contributed by atoms with van der Waals surface area (Å²) < 4.78 is 0. The first-order chi connectivity index (χ1) is 9.77. The van der Waals surface area contributed by atoms with Gasteiger partial charge in [-0.25, -0.2) is 0 Å². The molecule has 0 aromatic heterocycles. The molecule has 1 amide bonds. The fourth-order valence-corrected chi connectivity index (χ4v) is 2.69. The van der Waals surface area contributed by atoms with E-state index in [-0.39, 0.29) is 0 Å². The van der Waals surface area contributed by atoms with Crippen LogP contribution in [0.5, 0.6) is 0 Å². The van der Waals surface area contributed by atoms with Gasteiger partial charge in [-0.15, -0.1) is 0 Å². The van der Waals surface area contributed by atoms with Crippen LogP contribution in [0.2, 0.25) is 0 Å². The van der Waals surface area contributed by atoms with Gasteiger partial charge in [0.05, 0.1) is 0 Å². The van der Waals surface area contributed by atoms with Crippen molar-refractivity contribution in [1.82, 2.24) is 10.2 Å². The van der Waals surface area contributed by atoms with Crippen LogP contribution in [-0.4, -0.2) is 37.0 Å². The average molecular weight is 282 g/mol. The van der Waals surface area contributed by atoms with Gasteiger partial charge in [0.1, 0.15) is 0 Å². The molecule has 1 saturated heterocycles. The van der Waals surface area contributed by atoms with Gasteiger partial charge in [-0.3, -0.25) is 4.79 Å². The van der Waals surface area contributed by atoms with E-state index in [9.17, 15) is 4.79 Å². The maximum Gasteiger partial charge on any atom is 0.222 e. The lowest BCUT2D eigenvalue weighted by Crippen LogP contribution is -2.45. The van der Waals surface area contributed by atoms with Gasteiger partial charge in [0.15, 0.2) is 0 Å². The second kappa shape index (κ2) is 11.1. The number of nitrogens with one attached hydrogen (secondary N) is 1. The van der Waals surface area contributed by atoms with Gasteiger partial charge in [0, 0.05) is 19.5 Å². The van der Waals surface area contributed by atoms with Gasteiger partial charge in [-0.05, 0) is 31.8 Å². The van der Waals surface area contributed by atoms with Crippen LogP contribution < -0.4 is 5.32 Å². The number of unbranched alkanes of at least 4 members (excludes halogenated alkanes) is 6. The SMILES string of the molecule is CCCCCCN(CCCCCC)C(=O)CC1CNC1. The fourth-order valence-electron chi connectivity index (χ4n) is 2.69. The Hall–Kier alpha value is -0.570. The standard InChI is InChI=1S/C17H34N2O/c1-3-5-7-9-11-19(12-10-8-6-4-2)17(20)13-16-14-18-15-16/h16,18H,3-15H2,1-2H3. The van der Waals surface area contributed by atoms with E-state index in [1.165, 1.54) is 51.4 Å². The Morgan fingerprint density at radius 1 is 0.950 bits per heavy atom. The van der Waals surface area contributed by atoms with Crippen molar-refractivity contribution in [3.8, 4) is 0 Å². The number of amides is 1. The van der Waals surface area contributed by atoms with E-state index in [1.54, 1.807) is 0 Å². The summed E-state index contributed by atoms with van der Waals surface area (Å²) in [4.78, 5) is 14.5. The maximum atomic E-state index is 12.4. The minimum absolute atomic E-state index is 0.393. The number of hydrogen-bond donors (Lipinski definition) is 1. The summed E-state index contributed by atoms with van der Waals surface area (Å²) in [5.74, 6) is 0.987. The van der Waals surface area contributed by atoms with Crippen LogP contribution in [0.4, 0.5) is 0 Å². The van der Waals surface area contributed by atoms with Crippen molar-refractivity contribution in [2.24, 2.45) is 5.92 Å². The molecule has 1 aliphatic rings. The molecule has 0 spiro atoms. The Labute approximate surface area is 125 Å². The van der Waals surface area contributed by atoms with E-state index >= 15 is 0 Å². The lowest BCUT2D eigenvalue weighted by molar-refractivity contribution is -0.132. The van der Waals surface area contributed by atoms with E-state index in [0.29, 0.717) is 11.8 Å². The van der Waals surface area contributed by atoms with Crippen LogP contribution in [0.3, 0.4) is 0 Å². The number of carbonyl (C=O) groups excluding carboxylic acids is 1. The van der Waals surface area contributed by atoms with Gasteiger partial charge in [-0.1, -0.05) is 52.4 Å². The third kappa shape index (κ3) is 7.28. The molecule has 0 bridgehead atoms. The second-order valence-electron chi connectivity index (χ2n) is 6.23. The van der Waals surface area contributed by atoms with Gasteiger partial charge < -0.3 is 10.2 Å². The van der Waals surface area contributed by atoms with E-state index < -0.39 is 0 Å². The maximum absolute atomic E-state index is 12.4. The van der Waals surface area contributed by atoms with Crippen molar-refractivity contribution in [3.63, 3.8) is 0 Å². The van der Waals surface area contributed by atoms with Gasteiger partial charge in [0.2, 0.25) is 5.91 Å². The van der Waals surface area contributed by atoms with Gasteiger partial charge >= 0.3 is 0 Å². The monoisotopic (exact) mass is 282 g/mol. The third-order valence-corrected chi connectivity index (χ3v) is 4.25. The quantitative estimate of drug-likeness (QED) is 0.555. The summed E-state index contributed by atoms with van der Waals surface area (Å²) in [7, 11) is 0. The molecule has 0 aromatic carbocycles. The Morgan fingerprint density at radius 3 is 1.90 bits per heavy atom. The Kier molecular flexibility index (Phi) is 9.73. The topological polar surface area (TPSA) is 32.3 Å². The molecule has 1 rings (SSSR count). The summed E-state index contributed by atoms with van der Waals surface area (Å²) in [6.45, 7) is 8.49. The Balaban J connectivity index is 2.25. The van der Waals surface area contributed by atoms with Gasteiger partial charge in [-0.2, -0.15) is 0 Å². The molecule has 1 heterocycles. The van der Waals surface area contributed by atoms with Gasteiger partial charge in [0.25, 0.3) is 0 Å². The summed E-state index contributed by atoms with van der Waals surface area (Å²) in [5, 5.41) is 3.25. The third-order valence-electron chi connectivity index (χ3n) is 4.25. The van der Waals surface area contributed by atoms with Crippen molar-refractivity contribution in [3.05, 3.63) is 0 Å².